The van der Waals surface area contributed by atoms with Crippen LogP contribution in [0, 0.1) is 0 Å². The second kappa shape index (κ2) is 13.2. The van der Waals surface area contributed by atoms with Gasteiger partial charge in [-0.15, -0.1) is 0 Å². The molecule has 0 saturated carbocycles. The van der Waals surface area contributed by atoms with E-state index in [1.807, 2.05) is 48.5 Å². The van der Waals surface area contributed by atoms with Crippen LogP contribution in [0.2, 0.25) is 0 Å². The van der Waals surface area contributed by atoms with E-state index < -0.39 is 18.0 Å². The van der Waals surface area contributed by atoms with E-state index in [9.17, 15) is 19.2 Å². The van der Waals surface area contributed by atoms with Crippen LogP contribution in [0.4, 0.5) is 0 Å². The van der Waals surface area contributed by atoms with Gasteiger partial charge in [-0.2, -0.15) is 0 Å². The molecule has 0 heterocycles. The molecule has 1 amide bonds. The van der Waals surface area contributed by atoms with Gasteiger partial charge in [0.05, 0.1) is 26.6 Å². The highest BCUT2D eigenvalue weighted by Gasteiger charge is 2.19. The minimum absolute atomic E-state index is 0.0124. The summed E-state index contributed by atoms with van der Waals surface area (Å²) in [5.74, 6) is -1.07. The van der Waals surface area contributed by atoms with Crippen LogP contribution in [0.3, 0.4) is 0 Å². The van der Waals surface area contributed by atoms with Crippen LogP contribution in [0.1, 0.15) is 44.2 Å². The fourth-order valence-corrected chi connectivity index (χ4v) is 3.48. The smallest absolute Gasteiger partial charge is 0.307 e. The topological polar surface area (TPSA) is 98.8 Å². The molecule has 7 heteroatoms. The number of carbonyl (C=O) groups excluding carboxylic acids is 4. The van der Waals surface area contributed by atoms with Crippen LogP contribution in [-0.2, 0) is 41.5 Å². The lowest BCUT2D eigenvalue weighted by atomic mass is 9.97. The van der Waals surface area contributed by atoms with Crippen LogP contribution in [-0.4, -0.2) is 43.4 Å². The van der Waals surface area contributed by atoms with Gasteiger partial charge in [-0.3, -0.25) is 19.2 Å². The number of Topliss-reactive ketones (excluding diaryl/α,β-unsaturated/α-hetero) is 1. The highest BCUT2D eigenvalue weighted by molar-refractivity contribution is 5.82. The standard InChI is InChI=1S/C26H31NO6/c1-4-33-26(31)17-23(27-24(29)12-13-25(30)32-3)16-19-8-10-21(11-9-19)22-7-5-6-20(15-22)14-18(2)28/h5-11,15,23H,4,12-14,16-17H2,1-3H3,(H,27,29)/t23-/m1/s1. The van der Waals surface area contributed by atoms with Gasteiger partial charge in [-0.25, -0.2) is 0 Å². The Morgan fingerprint density at radius 3 is 2.27 bits per heavy atom. The quantitative estimate of drug-likeness (QED) is 0.495. The summed E-state index contributed by atoms with van der Waals surface area (Å²) in [4.78, 5) is 47.0. The molecule has 1 N–H and O–H groups in total. The largest absolute Gasteiger partial charge is 0.469 e. The first kappa shape index (κ1) is 25.8. The molecule has 0 unspecified atom stereocenters. The van der Waals surface area contributed by atoms with Crippen molar-refractivity contribution in [1.82, 2.24) is 5.32 Å². The zero-order valence-corrected chi connectivity index (χ0v) is 19.4. The Morgan fingerprint density at radius 1 is 0.909 bits per heavy atom. The highest BCUT2D eigenvalue weighted by Crippen LogP contribution is 2.22. The maximum absolute atomic E-state index is 12.3. The van der Waals surface area contributed by atoms with Gasteiger partial charge < -0.3 is 14.8 Å². The Balaban J connectivity index is 2.08. The first-order valence-corrected chi connectivity index (χ1v) is 11.0. The van der Waals surface area contributed by atoms with Crippen LogP contribution < -0.4 is 5.32 Å². The van der Waals surface area contributed by atoms with Gasteiger partial charge >= 0.3 is 11.9 Å². The van der Waals surface area contributed by atoms with Crippen molar-refractivity contribution < 1.29 is 28.7 Å². The molecular formula is C26H31NO6. The number of nitrogens with one attached hydrogen (secondary N) is 1. The lowest BCUT2D eigenvalue weighted by Crippen LogP contribution is -2.38. The van der Waals surface area contributed by atoms with Gasteiger partial charge in [0.25, 0.3) is 0 Å². The Hall–Kier alpha value is -3.48. The third kappa shape index (κ3) is 9.27. The zero-order chi connectivity index (χ0) is 24.2. The molecule has 1 atom stereocenters. The molecule has 0 spiro atoms. The van der Waals surface area contributed by atoms with Crippen LogP contribution in [0.15, 0.2) is 48.5 Å². The van der Waals surface area contributed by atoms with Crippen LogP contribution in [0.5, 0.6) is 0 Å². The van der Waals surface area contributed by atoms with Gasteiger partial charge in [0.15, 0.2) is 0 Å². The van der Waals surface area contributed by atoms with Crippen molar-refractivity contribution in [2.75, 3.05) is 13.7 Å². The molecule has 2 rings (SSSR count). The fourth-order valence-electron chi connectivity index (χ4n) is 3.48. The van der Waals surface area contributed by atoms with E-state index in [-0.39, 0.29) is 37.6 Å². The van der Waals surface area contributed by atoms with E-state index in [4.69, 9.17) is 4.74 Å². The molecule has 2 aromatic rings. The maximum atomic E-state index is 12.3. The normalized spacial score (nSPS) is 11.4. The van der Waals surface area contributed by atoms with Gasteiger partial charge in [0, 0.05) is 18.9 Å². The van der Waals surface area contributed by atoms with Gasteiger partial charge in [-0.1, -0.05) is 48.5 Å². The SMILES string of the molecule is CCOC(=O)C[C@@H](Cc1ccc(-c2cccc(CC(C)=O)c2)cc1)NC(=O)CCC(=O)OC. The van der Waals surface area contributed by atoms with E-state index >= 15 is 0 Å². The molecule has 33 heavy (non-hydrogen) atoms. The summed E-state index contributed by atoms with van der Waals surface area (Å²) in [7, 11) is 1.27. The number of ketones is 1. The lowest BCUT2D eigenvalue weighted by molar-refractivity contribution is -0.144. The number of benzene rings is 2. The van der Waals surface area contributed by atoms with Crippen molar-refractivity contribution in [3.8, 4) is 11.1 Å². The second-order valence-electron chi connectivity index (χ2n) is 7.83. The molecule has 0 aromatic heterocycles. The zero-order valence-electron chi connectivity index (χ0n) is 19.4. The summed E-state index contributed by atoms with van der Waals surface area (Å²) in [5.41, 5.74) is 3.93. The summed E-state index contributed by atoms with van der Waals surface area (Å²) in [6, 6.07) is 15.2. The Bertz CT molecular complexity index is 967. The number of amides is 1. The number of ether oxygens (including phenoxy) is 2. The summed E-state index contributed by atoms with van der Waals surface area (Å²) in [5, 5.41) is 2.83. The number of hydrogen-bond donors (Lipinski definition) is 1. The average molecular weight is 454 g/mol. The monoisotopic (exact) mass is 453 g/mol. The van der Waals surface area contributed by atoms with E-state index in [1.54, 1.807) is 13.8 Å². The van der Waals surface area contributed by atoms with E-state index in [0.717, 1.165) is 22.3 Å². The van der Waals surface area contributed by atoms with Crippen molar-refractivity contribution in [3.63, 3.8) is 0 Å². The van der Waals surface area contributed by atoms with Gasteiger partial charge in [0.2, 0.25) is 5.91 Å². The second-order valence-corrected chi connectivity index (χ2v) is 7.83. The fraction of sp³-hybridized carbons (Fsp3) is 0.385. The lowest BCUT2D eigenvalue weighted by Gasteiger charge is -2.18. The summed E-state index contributed by atoms with van der Waals surface area (Å²) in [6.45, 7) is 3.56. The van der Waals surface area contributed by atoms with E-state index in [1.165, 1.54) is 7.11 Å². The minimum atomic E-state index is -0.463. The predicted molar refractivity (Wildman–Crippen MR) is 124 cm³/mol. The van der Waals surface area contributed by atoms with Crippen molar-refractivity contribution in [2.24, 2.45) is 0 Å². The third-order valence-corrected chi connectivity index (χ3v) is 5.02. The molecular weight excluding hydrogens is 422 g/mol. The number of rotatable bonds is 12. The number of esters is 2. The molecule has 7 nitrogen and oxygen atoms in total. The molecule has 0 bridgehead atoms. The molecule has 0 aliphatic carbocycles. The number of hydrogen-bond acceptors (Lipinski definition) is 6. The van der Waals surface area contributed by atoms with Crippen molar-refractivity contribution in [2.45, 2.75) is 52.0 Å². The minimum Gasteiger partial charge on any atom is -0.469 e. The van der Waals surface area contributed by atoms with Crippen molar-refractivity contribution >= 4 is 23.6 Å². The number of methoxy groups -OCH3 is 1. The Kier molecular flexibility index (Phi) is 10.3. The molecule has 0 aliphatic rings. The molecule has 0 saturated heterocycles. The Morgan fingerprint density at radius 2 is 1.64 bits per heavy atom. The summed E-state index contributed by atoms with van der Waals surface area (Å²) >= 11 is 0. The van der Waals surface area contributed by atoms with E-state index in [0.29, 0.717) is 12.8 Å². The highest BCUT2D eigenvalue weighted by atomic mass is 16.5. The average Bonchev–Trinajstić information content (AvgIpc) is 2.77. The van der Waals surface area contributed by atoms with Gasteiger partial charge in [0.1, 0.15) is 5.78 Å². The maximum Gasteiger partial charge on any atom is 0.307 e. The first-order chi connectivity index (χ1) is 15.8. The summed E-state index contributed by atoms with van der Waals surface area (Å²) < 4.78 is 9.60. The van der Waals surface area contributed by atoms with Crippen LogP contribution >= 0.6 is 0 Å². The van der Waals surface area contributed by atoms with Crippen molar-refractivity contribution in [3.05, 3.63) is 59.7 Å². The number of carbonyl (C=O) groups is 4. The third-order valence-electron chi connectivity index (χ3n) is 5.02. The van der Waals surface area contributed by atoms with Crippen LogP contribution in [0.25, 0.3) is 11.1 Å². The molecule has 0 fully saturated rings. The molecule has 176 valence electrons. The molecule has 2 aromatic carbocycles. The van der Waals surface area contributed by atoms with E-state index in [2.05, 4.69) is 10.1 Å². The van der Waals surface area contributed by atoms with Crippen molar-refractivity contribution in [1.29, 1.82) is 0 Å². The first-order valence-electron chi connectivity index (χ1n) is 11.0. The molecule has 0 radical (unpaired) electrons. The van der Waals surface area contributed by atoms with Gasteiger partial charge in [-0.05, 0) is 42.5 Å². The molecule has 0 aliphatic heterocycles. The predicted octanol–water partition coefficient (Wildman–Crippen LogP) is 3.42. The Labute approximate surface area is 194 Å². The summed E-state index contributed by atoms with van der Waals surface area (Å²) in [6.07, 6.45) is 0.838.